The number of aliphatic hydroxyl groups excluding tert-OH is 8. The summed E-state index contributed by atoms with van der Waals surface area (Å²) in [5.74, 6) is -1.99. The molecule has 83 heavy (non-hydrogen) atoms. The highest BCUT2D eigenvalue weighted by Crippen LogP contribution is 2.17. The van der Waals surface area contributed by atoms with E-state index < -0.39 is 66.6 Å². The minimum Gasteiger partial charge on any atom is -0.391 e. The summed E-state index contributed by atoms with van der Waals surface area (Å²) in [6, 6.07) is 0. The van der Waals surface area contributed by atoms with Crippen molar-refractivity contribution in [3.8, 4) is 0 Å². The van der Waals surface area contributed by atoms with E-state index in [0.29, 0.717) is 25.3 Å². The summed E-state index contributed by atoms with van der Waals surface area (Å²) in [6.45, 7) is 9.02. The van der Waals surface area contributed by atoms with Crippen molar-refractivity contribution in [3.05, 3.63) is 0 Å². The van der Waals surface area contributed by atoms with Crippen LogP contribution in [0, 0.1) is 5.92 Å². The highest BCUT2D eigenvalue weighted by molar-refractivity contribution is 5.84. The molecule has 5 amide bonds. The van der Waals surface area contributed by atoms with Gasteiger partial charge >= 0.3 is 0 Å². The van der Waals surface area contributed by atoms with Gasteiger partial charge in [0.2, 0.25) is 17.7 Å². The van der Waals surface area contributed by atoms with Crippen LogP contribution in [-0.4, -0.2) is 203 Å². The van der Waals surface area contributed by atoms with Gasteiger partial charge in [0.25, 0.3) is 11.8 Å². The molecular formula is C61H123N9O13. The maximum atomic E-state index is 13.3. The first-order valence-corrected chi connectivity index (χ1v) is 32.6. The number of amides is 5. The number of nitrogens with one attached hydrogen (secondary N) is 6. The summed E-state index contributed by atoms with van der Waals surface area (Å²) < 4.78 is 0. The van der Waals surface area contributed by atoms with Crippen molar-refractivity contribution in [2.75, 3.05) is 78.5 Å². The van der Waals surface area contributed by atoms with E-state index in [9.17, 15) is 64.8 Å². The second kappa shape index (κ2) is 55.4. The predicted molar refractivity (Wildman–Crippen MR) is 328 cm³/mol. The number of carbonyl (C=O) groups excluding carboxylic acids is 5. The molecule has 8 atom stereocenters. The minimum absolute atomic E-state index is 0.0539. The quantitative estimate of drug-likeness (QED) is 0.0389. The summed E-state index contributed by atoms with van der Waals surface area (Å²) >= 11 is 0. The molecule has 0 unspecified atom stereocenters. The lowest BCUT2D eigenvalue weighted by molar-refractivity contribution is -0.146. The topological polar surface area (TPSA) is 375 Å². The molecule has 0 aromatic heterocycles. The fourth-order valence-electron chi connectivity index (χ4n) is 9.85. The number of aliphatic hydroxyl groups is 8. The van der Waals surface area contributed by atoms with E-state index in [1.165, 1.54) is 128 Å². The molecule has 0 aliphatic heterocycles. The molecule has 0 fully saturated rings. The van der Waals surface area contributed by atoms with Gasteiger partial charge in [-0.2, -0.15) is 0 Å². The van der Waals surface area contributed by atoms with E-state index in [1.54, 1.807) is 0 Å². The predicted octanol–water partition coefficient (Wildman–Crippen LogP) is 2.79. The Labute approximate surface area is 500 Å². The smallest absolute Gasteiger partial charge is 0.251 e. The first-order chi connectivity index (χ1) is 40.0. The van der Waals surface area contributed by atoms with E-state index >= 15 is 0 Å². The zero-order chi connectivity index (χ0) is 61.7. The standard InChI is InChI=1S/C61H123N9O13/c1-48(71)54(76)56(78)58(80)60(82)68-42-41-67-52(74)34-35-53(75)70(45-43-69-61(83)59(81)57(79)55(77)49(2)72)44-31-23-19-17-15-13-11-9-7-5-3-4-6-8-10-12-14-16-18-20-25-33-51(73)66-40-28-22-21-24-32-50(46-64-38-29-26-36-62)47-65-39-30-27-37-63/h48-50,54-59,64-65,71-72,76-81H,3-47,62-63H2,1-2H3,(H,66,73)(H,67,74)(H,68,82)(H,69,83)/t48-,49-,54-,55-,56+,57+,58-,59-/m1/s1. The number of hydrogen-bond donors (Lipinski definition) is 16. The molecule has 18 N–H and O–H groups in total. The lowest BCUT2D eigenvalue weighted by Crippen LogP contribution is -2.51. The Balaban J connectivity index is 4.14. The van der Waals surface area contributed by atoms with Crippen LogP contribution in [0.25, 0.3) is 0 Å². The molecule has 0 saturated carbocycles. The molecule has 0 rings (SSSR count). The van der Waals surface area contributed by atoms with Crippen LogP contribution in [0.5, 0.6) is 0 Å². The molecule has 0 heterocycles. The van der Waals surface area contributed by atoms with E-state index in [-0.39, 0.29) is 50.8 Å². The van der Waals surface area contributed by atoms with E-state index in [1.807, 2.05) is 0 Å². The van der Waals surface area contributed by atoms with Crippen molar-refractivity contribution in [2.45, 2.75) is 275 Å². The molecule has 0 aliphatic rings. The normalized spacial score (nSPS) is 14.6. The second-order valence-corrected chi connectivity index (χ2v) is 23.1. The molecule has 490 valence electrons. The lowest BCUT2D eigenvalue weighted by Gasteiger charge is -2.25. The second-order valence-electron chi connectivity index (χ2n) is 23.1. The Kier molecular flexibility index (Phi) is 53.4. The van der Waals surface area contributed by atoms with Gasteiger partial charge in [-0.05, 0) is 110 Å². The molecule has 0 aliphatic carbocycles. The van der Waals surface area contributed by atoms with Crippen molar-refractivity contribution in [1.82, 2.24) is 36.8 Å². The monoisotopic (exact) mass is 1190 g/mol. The number of carbonyl (C=O) groups is 5. The number of nitrogens with two attached hydrogens (primary N) is 2. The number of hydrogen-bond acceptors (Lipinski definition) is 17. The first-order valence-electron chi connectivity index (χ1n) is 32.6. The maximum Gasteiger partial charge on any atom is 0.251 e. The van der Waals surface area contributed by atoms with Crippen molar-refractivity contribution >= 4 is 29.5 Å². The Morgan fingerprint density at radius 2 is 0.723 bits per heavy atom. The SMILES string of the molecule is C[C@@H](O)[C@@H](O)[C@H](O)[C@@H](O)C(=O)NCCNC(=O)CCC(=O)N(CCCCCCCCCCCCCCCCCCCCCCCC(=O)NCCCCCCC(CNCCCCN)CNCCCCN)CCNC(=O)[C@H](O)[C@@H](O)[C@H](O)[C@@H](C)O. The van der Waals surface area contributed by atoms with Crippen LogP contribution in [0.15, 0.2) is 0 Å². The van der Waals surface area contributed by atoms with Crippen molar-refractivity contribution in [1.29, 1.82) is 0 Å². The molecule has 0 bridgehead atoms. The highest BCUT2D eigenvalue weighted by atomic mass is 16.4. The van der Waals surface area contributed by atoms with Crippen molar-refractivity contribution in [3.63, 3.8) is 0 Å². The average Bonchev–Trinajstić information content (AvgIpc) is 3.47. The molecule has 0 aromatic carbocycles. The molecule has 0 radical (unpaired) electrons. The third-order valence-corrected chi connectivity index (χ3v) is 15.4. The van der Waals surface area contributed by atoms with Gasteiger partial charge in [-0.1, -0.05) is 141 Å². The molecule has 22 heteroatoms. The Hall–Kier alpha value is -3.13. The summed E-state index contributed by atoms with van der Waals surface area (Å²) in [5.41, 5.74) is 11.3. The van der Waals surface area contributed by atoms with Gasteiger partial charge in [0, 0.05) is 58.5 Å². The van der Waals surface area contributed by atoms with Crippen LogP contribution in [0.1, 0.15) is 226 Å². The molecule has 0 saturated heterocycles. The lowest BCUT2D eigenvalue weighted by atomic mass is 10.00. The first kappa shape index (κ1) is 79.9. The van der Waals surface area contributed by atoms with Gasteiger partial charge in [0.05, 0.1) is 12.2 Å². The van der Waals surface area contributed by atoms with E-state index in [2.05, 4.69) is 31.9 Å². The summed E-state index contributed by atoms with van der Waals surface area (Å²) in [4.78, 5) is 64.2. The highest BCUT2D eigenvalue weighted by Gasteiger charge is 2.34. The fourth-order valence-corrected chi connectivity index (χ4v) is 9.85. The molecule has 22 nitrogen and oxygen atoms in total. The number of nitrogens with zero attached hydrogens (tertiary/aromatic N) is 1. The Morgan fingerprint density at radius 1 is 0.361 bits per heavy atom. The van der Waals surface area contributed by atoms with Crippen molar-refractivity contribution < 1.29 is 64.8 Å². The maximum absolute atomic E-state index is 13.3. The van der Waals surface area contributed by atoms with Gasteiger partial charge < -0.3 is 89.1 Å². The molecule has 0 spiro atoms. The minimum atomic E-state index is -2.02. The van der Waals surface area contributed by atoms with Crippen LogP contribution in [0.3, 0.4) is 0 Å². The third-order valence-electron chi connectivity index (χ3n) is 15.4. The van der Waals surface area contributed by atoms with Crippen LogP contribution >= 0.6 is 0 Å². The van der Waals surface area contributed by atoms with E-state index in [4.69, 9.17) is 11.5 Å². The van der Waals surface area contributed by atoms with Crippen LogP contribution < -0.4 is 43.4 Å². The van der Waals surface area contributed by atoms with Crippen LogP contribution in [-0.2, 0) is 24.0 Å². The van der Waals surface area contributed by atoms with Gasteiger partial charge in [-0.25, -0.2) is 0 Å². The summed E-state index contributed by atoms with van der Waals surface area (Å²) in [6.07, 6.45) is 21.2. The van der Waals surface area contributed by atoms with Crippen LogP contribution in [0.4, 0.5) is 0 Å². The van der Waals surface area contributed by atoms with Gasteiger partial charge in [0.1, 0.15) is 24.4 Å². The van der Waals surface area contributed by atoms with Crippen molar-refractivity contribution in [2.24, 2.45) is 17.4 Å². The zero-order valence-corrected chi connectivity index (χ0v) is 51.7. The summed E-state index contributed by atoms with van der Waals surface area (Å²) in [5, 5.41) is 96.1. The van der Waals surface area contributed by atoms with Crippen LogP contribution in [0.2, 0.25) is 0 Å². The van der Waals surface area contributed by atoms with Gasteiger partial charge in [-0.3, -0.25) is 24.0 Å². The summed E-state index contributed by atoms with van der Waals surface area (Å²) in [7, 11) is 0. The number of unbranched alkanes of at least 4 members (excludes halogenated alkanes) is 25. The zero-order valence-electron chi connectivity index (χ0n) is 51.7. The van der Waals surface area contributed by atoms with Gasteiger partial charge in [-0.15, -0.1) is 0 Å². The molecular weight excluding hydrogens is 1070 g/mol. The van der Waals surface area contributed by atoms with E-state index in [0.717, 1.165) is 123 Å². The van der Waals surface area contributed by atoms with Gasteiger partial charge in [0.15, 0.2) is 12.2 Å². The largest absolute Gasteiger partial charge is 0.391 e. The number of rotatable bonds is 60. The Morgan fingerprint density at radius 3 is 1.17 bits per heavy atom. The third kappa shape index (κ3) is 45.8. The fraction of sp³-hybridized carbons (Fsp3) is 0.918. The average molecular weight is 1190 g/mol. The molecule has 0 aromatic rings. The Bertz CT molecular complexity index is 1560.